The first-order chi connectivity index (χ1) is 13.6. The van der Waals surface area contributed by atoms with Crippen LogP contribution in [0.5, 0.6) is 11.5 Å². The molecule has 0 aromatic heterocycles. The molecule has 0 radical (unpaired) electrons. The number of hydrogen-bond donors (Lipinski definition) is 1. The van der Waals surface area contributed by atoms with E-state index in [4.69, 9.17) is 9.47 Å². The Bertz CT molecular complexity index is 585. The van der Waals surface area contributed by atoms with Crippen LogP contribution in [-0.2, 0) is 6.54 Å². The number of aliphatic hydroxyl groups is 1. The number of aliphatic hydroxyl groups excluding tert-OH is 1. The second-order valence-electron chi connectivity index (χ2n) is 8.12. The van der Waals surface area contributed by atoms with Crippen LogP contribution in [-0.4, -0.2) is 73.6 Å². The van der Waals surface area contributed by atoms with Crippen LogP contribution in [0.4, 0.5) is 4.39 Å². The van der Waals surface area contributed by atoms with Gasteiger partial charge in [-0.15, -0.1) is 0 Å². The minimum atomic E-state index is -0.651. The molecule has 1 atom stereocenters. The van der Waals surface area contributed by atoms with Gasteiger partial charge in [0, 0.05) is 26.2 Å². The summed E-state index contributed by atoms with van der Waals surface area (Å²) in [4.78, 5) is 4.61. The van der Waals surface area contributed by atoms with E-state index < -0.39 is 12.3 Å². The highest BCUT2D eigenvalue weighted by Gasteiger charge is 2.19. The number of rotatable bonds is 8. The fraction of sp³-hybridized carbons (Fsp3) is 0.727. The number of alkyl halides is 1. The number of ether oxygens (including phenoxy) is 2. The van der Waals surface area contributed by atoms with Crippen molar-refractivity contribution in [2.45, 2.75) is 57.3 Å². The van der Waals surface area contributed by atoms with E-state index in [1.165, 1.54) is 25.7 Å². The van der Waals surface area contributed by atoms with Gasteiger partial charge in [-0.05, 0) is 56.5 Å². The molecule has 5 nitrogen and oxygen atoms in total. The van der Waals surface area contributed by atoms with Gasteiger partial charge in [-0.2, -0.15) is 0 Å². The molecule has 0 aliphatic carbocycles. The Balaban J connectivity index is 1.49. The molecule has 6 heteroatoms. The predicted molar refractivity (Wildman–Crippen MR) is 109 cm³/mol. The summed E-state index contributed by atoms with van der Waals surface area (Å²) in [6.45, 7) is 5.43. The maximum atomic E-state index is 13.3. The van der Waals surface area contributed by atoms with Gasteiger partial charge < -0.3 is 19.5 Å². The zero-order chi connectivity index (χ0) is 19.8. The van der Waals surface area contributed by atoms with Crippen molar-refractivity contribution in [3.8, 4) is 11.5 Å². The number of benzene rings is 1. The lowest BCUT2D eigenvalue weighted by atomic mass is 10.1. The van der Waals surface area contributed by atoms with E-state index in [0.29, 0.717) is 30.9 Å². The highest BCUT2D eigenvalue weighted by molar-refractivity contribution is 5.43. The van der Waals surface area contributed by atoms with Gasteiger partial charge in [-0.1, -0.05) is 18.9 Å². The summed E-state index contributed by atoms with van der Waals surface area (Å²) in [5.41, 5.74) is 1.13. The molecule has 0 bridgehead atoms. The zero-order valence-electron chi connectivity index (χ0n) is 17.1. The van der Waals surface area contributed by atoms with Crippen LogP contribution >= 0.6 is 0 Å². The summed E-state index contributed by atoms with van der Waals surface area (Å²) < 4.78 is 24.7. The van der Waals surface area contributed by atoms with Crippen molar-refractivity contribution in [3.05, 3.63) is 23.8 Å². The molecule has 0 saturated carbocycles. The smallest absolute Gasteiger partial charge is 0.161 e. The lowest BCUT2D eigenvalue weighted by molar-refractivity contribution is 0.0683. The molecule has 158 valence electrons. The lowest BCUT2D eigenvalue weighted by Gasteiger charge is -2.28. The lowest BCUT2D eigenvalue weighted by Crippen LogP contribution is -2.36. The van der Waals surface area contributed by atoms with E-state index in [1.807, 2.05) is 18.2 Å². The van der Waals surface area contributed by atoms with Crippen molar-refractivity contribution in [1.29, 1.82) is 0 Å². The van der Waals surface area contributed by atoms with Crippen molar-refractivity contribution in [3.63, 3.8) is 0 Å². The van der Waals surface area contributed by atoms with Crippen molar-refractivity contribution < 1.29 is 19.0 Å². The Morgan fingerprint density at radius 3 is 2.43 bits per heavy atom. The van der Waals surface area contributed by atoms with Crippen LogP contribution < -0.4 is 9.47 Å². The highest BCUT2D eigenvalue weighted by Crippen LogP contribution is 2.29. The van der Waals surface area contributed by atoms with Gasteiger partial charge in [0.2, 0.25) is 0 Å². The first-order valence-corrected chi connectivity index (χ1v) is 10.7. The fourth-order valence-corrected chi connectivity index (χ4v) is 4.10. The summed E-state index contributed by atoms with van der Waals surface area (Å²) in [5.74, 6) is 1.34. The van der Waals surface area contributed by atoms with Gasteiger partial charge in [0.15, 0.2) is 11.5 Å². The molecule has 1 N–H and O–H groups in total. The molecule has 1 aromatic rings. The Labute approximate surface area is 168 Å². The SMILES string of the molecule is COc1cc(CN2CCC(F)CC2)ccc1OC[C@H](O)CN1CCCCCC1. The second kappa shape index (κ2) is 11.0. The van der Waals surface area contributed by atoms with E-state index >= 15 is 0 Å². The maximum absolute atomic E-state index is 13.3. The molecule has 0 unspecified atom stereocenters. The number of halogens is 1. The van der Waals surface area contributed by atoms with Crippen molar-refractivity contribution in [1.82, 2.24) is 9.80 Å². The minimum absolute atomic E-state index is 0.260. The molecular weight excluding hydrogens is 359 g/mol. The summed E-state index contributed by atoms with van der Waals surface area (Å²) in [7, 11) is 1.63. The van der Waals surface area contributed by atoms with Gasteiger partial charge in [-0.3, -0.25) is 4.90 Å². The molecule has 2 heterocycles. The molecule has 2 aliphatic heterocycles. The molecule has 2 saturated heterocycles. The summed E-state index contributed by atoms with van der Waals surface area (Å²) in [6.07, 6.45) is 5.08. The van der Waals surface area contributed by atoms with Crippen LogP contribution in [0.2, 0.25) is 0 Å². The topological polar surface area (TPSA) is 45.2 Å². The first-order valence-electron chi connectivity index (χ1n) is 10.7. The number of methoxy groups -OCH3 is 1. The quantitative estimate of drug-likeness (QED) is 0.733. The normalized spacial score (nSPS) is 21.2. The minimum Gasteiger partial charge on any atom is -0.493 e. The van der Waals surface area contributed by atoms with Gasteiger partial charge in [0.1, 0.15) is 18.9 Å². The molecule has 2 aliphatic rings. The molecule has 0 amide bonds. The largest absolute Gasteiger partial charge is 0.493 e. The standard InChI is InChI=1S/C22H35FN2O3/c1-27-22-14-18(15-25-12-8-19(23)9-13-25)6-7-21(22)28-17-20(26)16-24-10-4-2-3-5-11-24/h6-7,14,19-20,26H,2-5,8-13,15-17H2,1H3/t20-/m1/s1. The Morgan fingerprint density at radius 2 is 1.75 bits per heavy atom. The molecule has 28 heavy (non-hydrogen) atoms. The third-order valence-corrected chi connectivity index (χ3v) is 5.75. The van der Waals surface area contributed by atoms with Crippen LogP contribution in [0, 0.1) is 0 Å². The van der Waals surface area contributed by atoms with Crippen molar-refractivity contribution in [2.75, 3.05) is 46.4 Å². The zero-order valence-corrected chi connectivity index (χ0v) is 17.1. The van der Waals surface area contributed by atoms with Gasteiger partial charge in [-0.25, -0.2) is 4.39 Å². The number of β-amino-alcohol motifs (C(OH)–C–C–N with tert-alkyl or cyclic N) is 1. The fourth-order valence-electron chi connectivity index (χ4n) is 4.10. The predicted octanol–water partition coefficient (Wildman–Crippen LogP) is 3.24. The highest BCUT2D eigenvalue weighted by atomic mass is 19.1. The van der Waals surface area contributed by atoms with E-state index in [-0.39, 0.29) is 6.61 Å². The van der Waals surface area contributed by atoms with Gasteiger partial charge in [0.05, 0.1) is 7.11 Å². The van der Waals surface area contributed by atoms with Crippen LogP contribution in [0.1, 0.15) is 44.1 Å². The Kier molecular flexibility index (Phi) is 8.37. The van der Waals surface area contributed by atoms with E-state index in [9.17, 15) is 9.50 Å². The van der Waals surface area contributed by atoms with Crippen LogP contribution in [0.25, 0.3) is 0 Å². The Hall–Kier alpha value is -1.37. The molecule has 0 spiro atoms. The average molecular weight is 395 g/mol. The van der Waals surface area contributed by atoms with Crippen LogP contribution in [0.3, 0.4) is 0 Å². The number of hydrogen-bond acceptors (Lipinski definition) is 5. The van der Waals surface area contributed by atoms with E-state index in [2.05, 4.69) is 9.80 Å². The van der Waals surface area contributed by atoms with Crippen molar-refractivity contribution >= 4 is 0 Å². The Morgan fingerprint density at radius 1 is 1.04 bits per heavy atom. The van der Waals surface area contributed by atoms with E-state index in [1.54, 1.807) is 7.11 Å². The number of nitrogens with zero attached hydrogens (tertiary/aromatic N) is 2. The van der Waals surface area contributed by atoms with E-state index in [0.717, 1.165) is 38.3 Å². The van der Waals surface area contributed by atoms with Gasteiger partial charge in [0.25, 0.3) is 0 Å². The second-order valence-corrected chi connectivity index (χ2v) is 8.12. The average Bonchev–Trinajstić information content (AvgIpc) is 2.97. The third kappa shape index (κ3) is 6.61. The van der Waals surface area contributed by atoms with Crippen LogP contribution in [0.15, 0.2) is 18.2 Å². The summed E-state index contributed by atoms with van der Waals surface area (Å²) >= 11 is 0. The van der Waals surface area contributed by atoms with Crippen molar-refractivity contribution in [2.24, 2.45) is 0 Å². The maximum Gasteiger partial charge on any atom is 0.161 e. The molecule has 1 aromatic carbocycles. The molecule has 2 fully saturated rings. The molecular formula is C22H35FN2O3. The first kappa shape index (κ1) is 21.3. The number of likely N-dealkylation sites (tertiary alicyclic amines) is 2. The molecule has 3 rings (SSSR count). The third-order valence-electron chi connectivity index (χ3n) is 5.75. The monoisotopic (exact) mass is 394 g/mol. The summed E-state index contributed by atoms with van der Waals surface area (Å²) in [5, 5.41) is 10.4. The summed E-state index contributed by atoms with van der Waals surface area (Å²) in [6, 6.07) is 5.92. The number of piperidine rings is 1. The van der Waals surface area contributed by atoms with Gasteiger partial charge >= 0.3 is 0 Å².